The lowest BCUT2D eigenvalue weighted by molar-refractivity contribution is -0.345. The van der Waals surface area contributed by atoms with Crippen molar-refractivity contribution in [1.82, 2.24) is 5.32 Å². The Kier molecular flexibility index (Phi) is 12.4. The molecule has 11 atom stereocenters. The van der Waals surface area contributed by atoms with Crippen LogP contribution in [0.3, 0.4) is 0 Å². The van der Waals surface area contributed by atoms with E-state index in [2.05, 4.69) is 11.4 Å². The maximum Gasteiger partial charge on any atom is 0.408 e. The van der Waals surface area contributed by atoms with Gasteiger partial charge < -0.3 is 44.3 Å². The van der Waals surface area contributed by atoms with Crippen LogP contribution < -0.4 is 5.32 Å². The lowest BCUT2D eigenvalue weighted by atomic mass is 9.43. The van der Waals surface area contributed by atoms with Crippen LogP contribution in [0.5, 0.6) is 0 Å². The summed E-state index contributed by atoms with van der Waals surface area (Å²) in [4.78, 5) is 70.1. The van der Waals surface area contributed by atoms with E-state index in [4.69, 9.17) is 23.7 Å². The van der Waals surface area contributed by atoms with Crippen molar-refractivity contribution in [3.63, 3.8) is 0 Å². The molecule has 0 radical (unpaired) electrons. The normalized spacial score (nSPS) is 32.5. The fourth-order valence-electron chi connectivity index (χ4n) is 10.3. The van der Waals surface area contributed by atoms with Crippen LogP contribution in [0.15, 0.2) is 71.8 Å². The van der Waals surface area contributed by atoms with Crippen molar-refractivity contribution in [3.8, 4) is 6.07 Å². The first-order valence-electron chi connectivity index (χ1n) is 20.6. The molecule has 1 unspecified atom stereocenters. The number of hydrogen-bond acceptors (Lipinski definition) is 14. The summed E-state index contributed by atoms with van der Waals surface area (Å²) in [6.45, 7) is 12.4. The van der Waals surface area contributed by atoms with E-state index in [9.17, 15) is 39.8 Å². The first-order valence-corrected chi connectivity index (χ1v) is 20.6. The van der Waals surface area contributed by atoms with Crippen LogP contribution in [0.2, 0.25) is 0 Å². The molecule has 328 valence electrons. The highest BCUT2D eigenvalue weighted by Gasteiger charge is 2.78. The van der Waals surface area contributed by atoms with Gasteiger partial charge in [0, 0.05) is 37.5 Å². The first kappa shape index (κ1) is 45.4. The van der Waals surface area contributed by atoms with E-state index in [1.54, 1.807) is 90.1 Å². The average molecular weight is 845 g/mol. The molecule has 15 nitrogen and oxygen atoms in total. The van der Waals surface area contributed by atoms with Gasteiger partial charge in [-0.15, -0.1) is 0 Å². The zero-order valence-electron chi connectivity index (χ0n) is 35.8. The number of rotatable bonds is 10. The molecule has 0 aromatic heterocycles. The minimum atomic E-state index is -2.28. The highest BCUT2D eigenvalue weighted by molar-refractivity contribution is 5.93. The molecule has 3 aliphatic carbocycles. The second-order valence-electron chi connectivity index (χ2n) is 18.4. The van der Waals surface area contributed by atoms with Gasteiger partial charge in [-0.3, -0.25) is 9.59 Å². The lowest BCUT2D eigenvalue weighted by Crippen LogP contribution is -2.81. The minimum Gasteiger partial charge on any atom is -0.456 e. The van der Waals surface area contributed by atoms with Gasteiger partial charge in [0.25, 0.3) is 0 Å². The standard InChI is InChI=1S/C46H56N2O13/c1-25-30(58-40(54)35(51)34(27-16-11-9-12-17-27)48-41(55)61-42(3,4)5)23-46(56)38(59-39(53)28-18-13-10-14-19-28)36-44(8,31(50)22-32-45(36,24-57-32)60-26(2)49)37(52)29(20-15-21-47)33(25)43(46,6)7/h9-14,16-19,29-32,34-36,38,50-51,56H,15,20,22-24H2,1-8H3,(H,48,55)/t29-,30+,31+,32?,34+,35-,36+,38+,44-,45+,46-/m1/s1. The molecule has 2 aromatic rings. The van der Waals surface area contributed by atoms with E-state index in [1.807, 2.05) is 0 Å². The fourth-order valence-corrected chi connectivity index (χ4v) is 10.3. The molecule has 6 rings (SSSR count). The van der Waals surface area contributed by atoms with Gasteiger partial charge in [0.05, 0.1) is 41.7 Å². The highest BCUT2D eigenvalue weighted by atomic mass is 16.6. The van der Waals surface area contributed by atoms with Crippen LogP contribution >= 0.6 is 0 Å². The lowest BCUT2D eigenvalue weighted by Gasteiger charge is -2.67. The fraction of sp³-hybridized carbons (Fsp3) is 0.565. The molecule has 1 aliphatic heterocycles. The SMILES string of the molecule is CC(=O)O[C@@]12COC1C[C@H](O)[C@@]1(C)C(=O)[C@H](CCC#N)C3=C(C)[C@@H](OC(=O)[C@H](O)[C@@H](NC(=O)OC(C)(C)C)c4ccccc4)C[C@@](O)([C@@H](OC(=O)c4ccccc4)[C@@H]12)C3(C)C. The Bertz CT molecular complexity index is 2110. The van der Waals surface area contributed by atoms with E-state index in [0.717, 1.165) is 0 Å². The van der Waals surface area contributed by atoms with Crippen molar-refractivity contribution in [2.24, 2.45) is 22.7 Å². The summed E-state index contributed by atoms with van der Waals surface area (Å²) in [5, 5.41) is 50.0. The number of nitrogens with zero attached hydrogens (tertiary/aromatic N) is 1. The number of alkyl carbamates (subject to hydrolysis) is 1. The van der Waals surface area contributed by atoms with Crippen LogP contribution in [0, 0.1) is 34.0 Å². The molecule has 61 heavy (non-hydrogen) atoms. The second kappa shape index (κ2) is 16.6. The third-order valence-electron chi connectivity index (χ3n) is 13.3. The second-order valence-corrected chi connectivity index (χ2v) is 18.4. The monoisotopic (exact) mass is 844 g/mol. The number of ether oxygens (including phenoxy) is 5. The Hall–Kier alpha value is -5.14. The van der Waals surface area contributed by atoms with Crippen LogP contribution in [0.4, 0.5) is 4.79 Å². The number of fused-ring (bicyclic) bond motifs is 5. The van der Waals surface area contributed by atoms with Gasteiger partial charge in [0.15, 0.2) is 11.7 Å². The van der Waals surface area contributed by atoms with Crippen molar-refractivity contribution in [3.05, 3.63) is 82.9 Å². The van der Waals surface area contributed by atoms with E-state index in [-0.39, 0.29) is 31.4 Å². The molecule has 2 saturated carbocycles. The predicted octanol–water partition coefficient (Wildman–Crippen LogP) is 4.82. The molecule has 4 N–H and O–H groups in total. The van der Waals surface area contributed by atoms with E-state index < -0.39 is 112 Å². The number of benzene rings is 2. The Morgan fingerprint density at radius 3 is 2.20 bits per heavy atom. The Balaban J connectivity index is 1.53. The summed E-state index contributed by atoms with van der Waals surface area (Å²) in [5.41, 5.74) is -7.17. The van der Waals surface area contributed by atoms with Gasteiger partial charge in [-0.25, -0.2) is 14.4 Å². The molecule has 0 spiro atoms. The highest BCUT2D eigenvalue weighted by Crippen LogP contribution is 2.65. The number of carbonyl (C=O) groups is 5. The molecule has 1 saturated heterocycles. The van der Waals surface area contributed by atoms with E-state index in [0.29, 0.717) is 16.7 Å². The van der Waals surface area contributed by atoms with Gasteiger partial charge in [-0.05, 0) is 69.9 Å². The molecular weight excluding hydrogens is 789 g/mol. The number of ketones is 1. The Morgan fingerprint density at radius 2 is 1.64 bits per heavy atom. The number of carbonyl (C=O) groups excluding carboxylic acids is 5. The van der Waals surface area contributed by atoms with Gasteiger partial charge in [-0.2, -0.15) is 5.26 Å². The van der Waals surface area contributed by atoms with Gasteiger partial charge in [-0.1, -0.05) is 62.4 Å². The molecule has 1 heterocycles. The zero-order chi connectivity index (χ0) is 44.9. The van der Waals surface area contributed by atoms with Crippen molar-refractivity contribution < 1.29 is 63.0 Å². The summed E-state index contributed by atoms with van der Waals surface area (Å²) in [5.74, 6) is -6.00. The predicted molar refractivity (Wildman–Crippen MR) is 216 cm³/mol. The van der Waals surface area contributed by atoms with Crippen molar-refractivity contribution in [1.29, 1.82) is 5.26 Å². The van der Waals surface area contributed by atoms with Gasteiger partial charge in [0.2, 0.25) is 0 Å². The van der Waals surface area contributed by atoms with E-state index >= 15 is 4.79 Å². The summed E-state index contributed by atoms with van der Waals surface area (Å²) in [6.07, 6.45) is -9.28. The van der Waals surface area contributed by atoms with Crippen molar-refractivity contribution >= 4 is 29.8 Å². The Labute approximate surface area is 355 Å². The number of hydrogen-bond donors (Lipinski definition) is 4. The average Bonchev–Trinajstić information content (AvgIpc) is 3.19. The quantitative estimate of drug-likeness (QED) is 0.143. The number of esters is 3. The summed E-state index contributed by atoms with van der Waals surface area (Å²) in [7, 11) is 0. The molecule has 4 aliphatic rings. The maximum absolute atomic E-state index is 15.6. The van der Waals surface area contributed by atoms with Crippen LogP contribution in [0.1, 0.15) is 103 Å². The molecule has 3 fully saturated rings. The third kappa shape index (κ3) is 7.95. The molecular formula is C46H56N2O13. The number of nitrogens with one attached hydrogen (secondary N) is 1. The molecule has 1 amide bonds. The van der Waals surface area contributed by atoms with Crippen LogP contribution in [0.25, 0.3) is 0 Å². The molecule has 2 aromatic carbocycles. The zero-order valence-corrected chi connectivity index (χ0v) is 35.8. The minimum absolute atomic E-state index is 0.0648. The number of Topliss-reactive ketones (excluding diaryl/α,β-unsaturated/α-hetero) is 1. The van der Waals surface area contributed by atoms with Crippen LogP contribution in [-0.4, -0.2) is 99.0 Å². The molecule has 2 bridgehead atoms. The molecule has 15 heteroatoms. The number of aliphatic hydroxyl groups is 3. The number of aliphatic hydroxyl groups excluding tert-OH is 2. The number of nitriles is 1. The topological polar surface area (TPSA) is 228 Å². The largest absolute Gasteiger partial charge is 0.456 e. The Morgan fingerprint density at radius 1 is 1.02 bits per heavy atom. The third-order valence-corrected chi connectivity index (χ3v) is 13.3. The van der Waals surface area contributed by atoms with Crippen molar-refractivity contribution in [2.75, 3.05) is 6.61 Å². The summed E-state index contributed by atoms with van der Waals surface area (Å²) in [6, 6.07) is 16.9. The van der Waals surface area contributed by atoms with Crippen LogP contribution in [-0.2, 0) is 38.1 Å². The maximum atomic E-state index is 15.6. The van der Waals surface area contributed by atoms with E-state index in [1.165, 1.54) is 26.0 Å². The summed E-state index contributed by atoms with van der Waals surface area (Å²) < 4.78 is 30.0. The van der Waals surface area contributed by atoms with Gasteiger partial charge >= 0.3 is 24.0 Å². The summed E-state index contributed by atoms with van der Waals surface area (Å²) >= 11 is 0. The first-order chi connectivity index (χ1) is 28.5. The smallest absolute Gasteiger partial charge is 0.408 e. The van der Waals surface area contributed by atoms with Crippen molar-refractivity contribution in [2.45, 2.75) is 134 Å². The number of amides is 1. The van der Waals surface area contributed by atoms with Gasteiger partial charge in [0.1, 0.15) is 35.3 Å².